The van der Waals surface area contributed by atoms with Gasteiger partial charge in [0, 0.05) is 6.04 Å². The monoisotopic (exact) mass is 221 g/mol. The van der Waals surface area contributed by atoms with E-state index in [0.717, 1.165) is 12.8 Å². The lowest BCUT2D eigenvalue weighted by atomic mass is 9.81. The molecule has 1 saturated carbocycles. The minimum atomic E-state index is -3.33. The van der Waals surface area contributed by atoms with Gasteiger partial charge in [0.15, 0.2) is 0 Å². The molecule has 0 bridgehead atoms. The minimum Gasteiger partial charge on any atom is -0.395 e. The molecule has 0 saturated heterocycles. The van der Waals surface area contributed by atoms with Crippen molar-refractivity contribution in [2.45, 2.75) is 44.4 Å². The average Bonchev–Trinajstić information content (AvgIpc) is 1.98. The summed E-state index contributed by atoms with van der Waals surface area (Å²) in [5, 5.41) is 8.06. The number of nitrogens with one attached hydrogen (secondary N) is 1. The summed E-state index contributed by atoms with van der Waals surface area (Å²) >= 11 is 0. The summed E-state index contributed by atoms with van der Waals surface area (Å²) in [6.07, 6.45) is 3.42. The van der Waals surface area contributed by atoms with Gasteiger partial charge in [0.1, 0.15) is 0 Å². The Kier molecular flexibility index (Phi) is 3.92. The van der Waals surface area contributed by atoms with Crippen LogP contribution in [0.25, 0.3) is 0 Å². The first-order valence-corrected chi connectivity index (χ1v) is 6.64. The molecular formula is C9H19NO3S. The van der Waals surface area contributed by atoms with Crippen LogP contribution in [0.1, 0.15) is 33.1 Å². The second kappa shape index (κ2) is 4.59. The fraction of sp³-hybridized carbons (Fsp3) is 1.00. The number of hydrogen-bond acceptors (Lipinski definition) is 3. The summed E-state index contributed by atoms with van der Waals surface area (Å²) in [4.78, 5) is 0. The van der Waals surface area contributed by atoms with Crippen molar-refractivity contribution in [2.75, 3.05) is 6.61 Å². The third-order valence-electron chi connectivity index (χ3n) is 2.99. The Bertz CT molecular complexity index is 272. The largest absolute Gasteiger partial charge is 0.395 e. The second-order valence-corrected chi connectivity index (χ2v) is 6.27. The van der Waals surface area contributed by atoms with E-state index in [1.807, 2.05) is 6.92 Å². The third-order valence-corrected chi connectivity index (χ3v) is 4.90. The van der Waals surface area contributed by atoms with E-state index in [2.05, 4.69) is 4.72 Å². The lowest BCUT2D eigenvalue weighted by Gasteiger charge is -2.32. The van der Waals surface area contributed by atoms with Crippen LogP contribution < -0.4 is 4.72 Å². The van der Waals surface area contributed by atoms with Crippen molar-refractivity contribution in [3.8, 4) is 0 Å². The summed E-state index contributed by atoms with van der Waals surface area (Å²) in [5.74, 6) is 0.482. The highest BCUT2D eigenvalue weighted by atomic mass is 32.2. The zero-order chi connectivity index (χ0) is 10.8. The van der Waals surface area contributed by atoms with E-state index in [-0.39, 0.29) is 12.6 Å². The molecule has 1 rings (SSSR count). The van der Waals surface area contributed by atoms with Crippen LogP contribution >= 0.6 is 0 Å². The summed E-state index contributed by atoms with van der Waals surface area (Å²) < 4.78 is 25.7. The molecule has 1 aliphatic carbocycles. The highest BCUT2D eigenvalue weighted by Gasteiger charge is 2.29. The molecule has 0 aromatic rings. The molecule has 0 spiro atoms. The number of aliphatic hydroxyl groups excluding tert-OH is 1. The number of rotatable bonds is 5. The zero-order valence-electron chi connectivity index (χ0n) is 8.73. The molecule has 1 aliphatic rings. The normalized spacial score (nSPS) is 22.8. The molecule has 0 amide bonds. The van der Waals surface area contributed by atoms with E-state index in [1.54, 1.807) is 0 Å². The van der Waals surface area contributed by atoms with Gasteiger partial charge < -0.3 is 5.11 Å². The molecule has 0 aliphatic heterocycles. The second-order valence-electron chi connectivity index (χ2n) is 4.14. The highest BCUT2D eigenvalue weighted by molar-refractivity contribution is 7.90. The SMILES string of the molecule is CC(NS(=O)(=O)C(C)CO)C1CCC1. The van der Waals surface area contributed by atoms with Crippen molar-refractivity contribution < 1.29 is 13.5 Å². The molecule has 4 nitrogen and oxygen atoms in total. The van der Waals surface area contributed by atoms with Crippen molar-refractivity contribution in [1.29, 1.82) is 0 Å². The Hall–Kier alpha value is -0.130. The summed E-state index contributed by atoms with van der Waals surface area (Å²) in [6, 6.07) is 0.00255. The van der Waals surface area contributed by atoms with Gasteiger partial charge in [-0.1, -0.05) is 6.42 Å². The molecule has 5 heteroatoms. The Morgan fingerprint density at radius 1 is 1.43 bits per heavy atom. The topological polar surface area (TPSA) is 66.4 Å². The first kappa shape index (κ1) is 11.9. The molecule has 2 atom stereocenters. The zero-order valence-corrected chi connectivity index (χ0v) is 9.55. The molecule has 2 N–H and O–H groups in total. The van der Waals surface area contributed by atoms with Crippen molar-refractivity contribution in [1.82, 2.24) is 4.72 Å². The van der Waals surface area contributed by atoms with E-state index in [1.165, 1.54) is 13.3 Å². The maximum absolute atomic E-state index is 11.5. The van der Waals surface area contributed by atoms with Crippen LogP contribution in [0.5, 0.6) is 0 Å². The molecular weight excluding hydrogens is 202 g/mol. The van der Waals surface area contributed by atoms with Crippen LogP contribution in [-0.2, 0) is 10.0 Å². The third kappa shape index (κ3) is 2.68. The van der Waals surface area contributed by atoms with Crippen LogP contribution in [0, 0.1) is 5.92 Å². The van der Waals surface area contributed by atoms with Gasteiger partial charge in [-0.3, -0.25) is 0 Å². The smallest absolute Gasteiger partial charge is 0.216 e. The maximum atomic E-state index is 11.5. The van der Waals surface area contributed by atoms with Gasteiger partial charge in [-0.2, -0.15) is 0 Å². The van der Waals surface area contributed by atoms with E-state index >= 15 is 0 Å². The first-order chi connectivity index (χ1) is 6.47. The maximum Gasteiger partial charge on any atom is 0.216 e. The van der Waals surface area contributed by atoms with Crippen LogP contribution in [-0.4, -0.2) is 31.4 Å². The minimum absolute atomic E-state index is 0.00255. The predicted molar refractivity (Wildman–Crippen MR) is 55.4 cm³/mol. The Morgan fingerprint density at radius 2 is 2.00 bits per heavy atom. The highest BCUT2D eigenvalue weighted by Crippen LogP contribution is 2.29. The quantitative estimate of drug-likeness (QED) is 0.709. The van der Waals surface area contributed by atoms with Gasteiger partial charge in [-0.15, -0.1) is 0 Å². The molecule has 0 heterocycles. The van der Waals surface area contributed by atoms with Crippen LogP contribution in [0.15, 0.2) is 0 Å². The summed E-state index contributed by atoms with van der Waals surface area (Å²) in [7, 11) is -3.33. The Morgan fingerprint density at radius 3 is 2.36 bits per heavy atom. The first-order valence-electron chi connectivity index (χ1n) is 5.09. The molecule has 84 valence electrons. The lowest BCUT2D eigenvalue weighted by molar-refractivity contribution is 0.257. The van der Waals surface area contributed by atoms with Crippen LogP contribution in [0.2, 0.25) is 0 Å². The fourth-order valence-corrected chi connectivity index (χ4v) is 2.65. The molecule has 2 unspecified atom stereocenters. The van der Waals surface area contributed by atoms with Gasteiger partial charge in [0.05, 0.1) is 11.9 Å². The van der Waals surface area contributed by atoms with Crippen molar-refractivity contribution in [3.63, 3.8) is 0 Å². The standard InChI is InChI=1S/C9H19NO3S/c1-7(6-11)14(12,13)10-8(2)9-4-3-5-9/h7-11H,3-6H2,1-2H3. The summed E-state index contributed by atoms with van der Waals surface area (Å²) in [6.45, 7) is 3.08. The molecule has 14 heavy (non-hydrogen) atoms. The van der Waals surface area contributed by atoms with E-state index in [0.29, 0.717) is 5.92 Å². The fourth-order valence-electron chi connectivity index (χ4n) is 1.51. The molecule has 0 aromatic heterocycles. The van der Waals surface area contributed by atoms with E-state index in [9.17, 15) is 8.42 Å². The number of hydrogen-bond donors (Lipinski definition) is 2. The van der Waals surface area contributed by atoms with Crippen molar-refractivity contribution >= 4 is 10.0 Å². The molecule has 1 fully saturated rings. The lowest BCUT2D eigenvalue weighted by Crippen LogP contribution is -2.44. The summed E-state index contributed by atoms with van der Waals surface area (Å²) in [5.41, 5.74) is 0. The predicted octanol–water partition coefficient (Wildman–Crippen LogP) is 0.475. The van der Waals surface area contributed by atoms with Gasteiger partial charge >= 0.3 is 0 Å². The number of aliphatic hydroxyl groups is 1. The Labute approximate surface area is 85.8 Å². The molecule has 0 radical (unpaired) electrons. The van der Waals surface area contributed by atoms with Gasteiger partial charge in [0.25, 0.3) is 0 Å². The van der Waals surface area contributed by atoms with Gasteiger partial charge in [-0.25, -0.2) is 13.1 Å². The van der Waals surface area contributed by atoms with Gasteiger partial charge in [-0.05, 0) is 32.6 Å². The van der Waals surface area contributed by atoms with Crippen molar-refractivity contribution in [2.24, 2.45) is 5.92 Å². The van der Waals surface area contributed by atoms with Crippen LogP contribution in [0.4, 0.5) is 0 Å². The van der Waals surface area contributed by atoms with Crippen molar-refractivity contribution in [3.05, 3.63) is 0 Å². The Balaban J connectivity index is 2.49. The number of sulfonamides is 1. The van der Waals surface area contributed by atoms with E-state index in [4.69, 9.17) is 5.11 Å². The molecule has 0 aromatic carbocycles. The van der Waals surface area contributed by atoms with E-state index < -0.39 is 15.3 Å². The van der Waals surface area contributed by atoms with Gasteiger partial charge in [0.2, 0.25) is 10.0 Å². The van der Waals surface area contributed by atoms with Crippen LogP contribution in [0.3, 0.4) is 0 Å². The average molecular weight is 221 g/mol.